The van der Waals surface area contributed by atoms with Crippen LogP contribution in [0.5, 0.6) is 0 Å². The lowest BCUT2D eigenvalue weighted by Gasteiger charge is -2.33. The molecule has 0 unspecified atom stereocenters. The van der Waals surface area contributed by atoms with Crippen LogP contribution < -0.4 is 0 Å². The zero-order chi connectivity index (χ0) is 10.7. The van der Waals surface area contributed by atoms with Crippen LogP contribution in [0.25, 0.3) is 0 Å². The molecule has 0 radical (unpaired) electrons. The molecule has 5 heteroatoms. The molecular formula is C10H13N3O2. The average molecular weight is 207 g/mol. The van der Waals surface area contributed by atoms with Crippen molar-refractivity contribution in [2.24, 2.45) is 0 Å². The predicted molar refractivity (Wildman–Crippen MR) is 52.0 cm³/mol. The van der Waals surface area contributed by atoms with E-state index < -0.39 is 5.60 Å². The number of hydrogen-bond donors (Lipinski definition) is 1. The fourth-order valence-corrected chi connectivity index (χ4v) is 1.85. The van der Waals surface area contributed by atoms with Crippen molar-refractivity contribution in [3.63, 3.8) is 0 Å². The number of hydrogen-bond acceptors (Lipinski definition) is 4. The first-order valence-corrected chi connectivity index (χ1v) is 4.89. The van der Waals surface area contributed by atoms with Crippen molar-refractivity contribution in [3.05, 3.63) is 17.7 Å². The van der Waals surface area contributed by atoms with Crippen molar-refractivity contribution >= 4 is 0 Å². The molecule has 1 aliphatic rings. The van der Waals surface area contributed by atoms with Crippen LogP contribution in [0.3, 0.4) is 0 Å². The summed E-state index contributed by atoms with van der Waals surface area (Å²) in [7, 11) is 1.67. The van der Waals surface area contributed by atoms with E-state index in [1.54, 1.807) is 7.11 Å². The third-order valence-corrected chi connectivity index (χ3v) is 2.82. The zero-order valence-electron chi connectivity index (χ0n) is 8.62. The molecule has 0 bridgehead atoms. The van der Waals surface area contributed by atoms with Crippen molar-refractivity contribution in [1.29, 1.82) is 5.26 Å². The monoisotopic (exact) mass is 207 g/mol. The number of imidazole rings is 1. The third-order valence-electron chi connectivity index (χ3n) is 2.82. The highest BCUT2D eigenvalue weighted by Crippen LogP contribution is 2.33. The molecule has 0 spiro atoms. The van der Waals surface area contributed by atoms with Gasteiger partial charge in [-0.1, -0.05) is 0 Å². The summed E-state index contributed by atoms with van der Waals surface area (Å²) in [5.74, 6) is 0.727. The van der Waals surface area contributed by atoms with E-state index in [0.717, 1.165) is 18.7 Å². The predicted octanol–water partition coefficient (Wildman–Crippen LogP) is 0.933. The van der Waals surface area contributed by atoms with E-state index in [2.05, 4.69) is 9.97 Å². The Morgan fingerprint density at radius 3 is 2.87 bits per heavy atom. The molecule has 0 aromatic carbocycles. The smallest absolute Gasteiger partial charge is 0.139 e. The molecule has 0 atom stereocenters. The Kier molecular flexibility index (Phi) is 2.71. The Labute approximate surface area is 88.0 Å². The summed E-state index contributed by atoms with van der Waals surface area (Å²) in [6, 6.07) is 2.02. The first kappa shape index (κ1) is 10.1. The molecule has 1 aliphatic heterocycles. The molecule has 5 nitrogen and oxygen atoms in total. The van der Waals surface area contributed by atoms with E-state index in [4.69, 9.17) is 14.7 Å². The molecule has 0 saturated carbocycles. The zero-order valence-corrected chi connectivity index (χ0v) is 8.62. The number of aromatic amines is 1. The van der Waals surface area contributed by atoms with Crippen LogP contribution in [0.15, 0.2) is 6.20 Å². The number of nitrogens with one attached hydrogen (secondary N) is 1. The van der Waals surface area contributed by atoms with Gasteiger partial charge in [-0.15, -0.1) is 0 Å². The van der Waals surface area contributed by atoms with Gasteiger partial charge < -0.3 is 14.5 Å². The van der Waals surface area contributed by atoms with E-state index >= 15 is 0 Å². The lowest BCUT2D eigenvalue weighted by Crippen LogP contribution is -2.36. The van der Waals surface area contributed by atoms with Crippen molar-refractivity contribution in [2.45, 2.75) is 18.4 Å². The van der Waals surface area contributed by atoms with Gasteiger partial charge in [-0.05, 0) is 0 Å². The number of nitrogens with zero attached hydrogens (tertiary/aromatic N) is 2. The lowest BCUT2D eigenvalue weighted by atomic mass is 9.93. The number of aromatic nitrogens is 2. The van der Waals surface area contributed by atoms with Crippen LogP contribution in [-0.2, 0) is 15.1 Å². The maximum absolute atomic E-state index is 8.72. The van der Waals surface area contributed by atoms with E-state index in [9.17, 15) is 0 Å². The Bertz CT molecular complexity index is 374. The van der Waals surface area contributed by atoms with Gasteiger partial charge in [0, 0.05) is 33.2 Å². The molecule has 0 amide bonds. The fraction of sp³-hybridized carbons (Fsp3) is 0.600. The molecule has 1 aromatic heterocycles. The molecular weight excluding hydrogens is 194 g/mol. The topological polar surface area (TPSA) is 70.9 Å². The summed E-state index contributed by atoms with van der Waals surface area (Å²) >= 11 is 0. The minimum atomic E-state index is -0.409. The summed E-state index contributed by atoms with van der Waals surface area (Å²) in [5.41, 5.74) is 0.0563. The Hall–Kier alpha value is -1.38. The van der Waals surface area contributed by atoms with Gasteiger partial charge in [-0.25, -0.2) is 4.98 Å². The minimum absolute atomic E-state index is 0.409. The first-order chi connectivity index (χ1) is 7.30. The minimum Gasteiger partial charge on any atom is -0.381 e. The van der Waals surface area contributed by atoms with Gasteiger partial charge in [0.05, 0.1) is 6.20 Å². The fourth-order valence-electron chi connectivity index (χ4n) is 1.85. The molecule has 1 saturated heterocycles. The SMILES string of the molecule is COC1(c2ncc(C#N)[nH]2)CCOCC1. The van der Waals surface area contributed by atoms with Gasteiger partial charge in [0.2, 0.25) is 0 Å². The third kappa shape index (κ3) is 1.74. The van der Waals surface area contributed by atoms with Gasteiger partial charge in [-0.3, -0.25) is 0 Å². The van der Waals surface area contributed by atoms with Crippen molar-refractivity contribution in [3.8, 4) is 6.07 Å². The molecule has 2 rings (SSSR count). The number of rotatable bonds is 2. The normalized spacial score (nSPS) is 19.7. The number of ether oxygens (including phenoxy) is 2. The van der Waals surface area contributed by atoms with E-state index in [-0.39, 0.29) is 0 Å². The summed E-state index contributed by atoms with van der Waals surface area (Å²) in [6.07, 6.45) is 3.06. The molecule has 80 valence electrons. The highest BCUT2D eigenvalue weighted by atomic mass is 16.5. The largest absolute Gasteiger partial charge is 0.381 e. The van der Waals surface area contributed by atoms with Crippen LogP contribution in [0, 0.1) is 11.3 Å². The standard InChI is InChI=1S/C10H13N3O2/c1-14-10(2-4-15-5-3-10)9-12-7-8(6-11)13-9/h7H,2-5H2,1H3,(H,12,13). The number of H-pyrrole nitrogens is 1. The molecule has 1 aromatic rings. The van der Waals surface area contributed by atoms with Crippen LogP contribution in [0.1, 0.15) is 24.4 Å². The van der Waals surface area contributed by atoms with Gasteiger partial charge >= 0.3 is 0 Å². The van der Waals surface area contributed by atoms with E-state index in [1.165, 1.54) is 6.20 Å². The van der Waals surface area contributed by atoms with Crippen molar-refractivity contribution in [1.82, 2.24) is 9.97 Å². The van der Waals surface area contributed by atoms with E-state index in [0.29, 0.717) is 18.9 Å². The van der Waals surface area contributed by atoms with Crippen LogP contribution in [-0.4, -0.2) is 30.3 Å². The van der Waals surface area contributed by atoms with E-state index in [1.807, 2.05) is 6.07 Å². The van der Waals surface area contributed by atoms with Crippen LogP contribution >= 0.6 is 0 Å². The Morgan fingerprint density at radius 1 is 1.60 bits per heavy atom. The highest BCUT2D eigenvalue weighted by Gasteiger charge is 2.37. The molecule has 1 N–H and O–H groups in total. The van der Waals surface area contributed by atoms with Crippen molar-refractivity contribution < 1.29 is 9.47 Å². The maximum atomic E-state index is 8.72. The second-order valence-corrected chi connectivity index (χ2v) is 3.57. The van der Waals surface area contributed by atoms with Crippen molar-refractivity contribution in [2.75, 3.05) is 20.3 Å². The molecule has 0 aliphatic carbocycles. The molecule has 1 fully saturated rings. The average Bonchev–Trinajstić information content (AvgIpc) is 2.79. The van der Waals surface area contributed by atoms with Gasteiger partial charge in [0.15, 0.2) is 0 Å². The molecule has 15 heavy (non-hydrogen) atoms. The number of nitriles is 1. The summed E-state index contributed by atoms with van der Waals surface area (Å²) < 4.78 is 10.8. The quantitative estimate of drug-likeness (QED) is 0.783. The first-order valence-electron chi connectivity index (χ1n) is 4.89. The second-order valence-electron chi connectivity index (χ2n) is 3.57. The summed E-state index contributed by atoms with van der Waals surface area (Å²) in [4.78, 5) is 7.17. The van der Waals surface area contributed by atoms with Crippen LogP contribution in [0.4, 0.5) is 0 Å². The maximum Gasteiger partial charge on any atom is 0.139 e. The summed E-state index contributed by atoms with van der Waals surface area (Å²) in [6.45, 7) is 1.33. The summed E-state index contributed by atoms with van der Waals surface area (Å²) in [5, 5.41) is 8.72. The highest BCUT2D eigenvalue weighted by molar-refractivity contribution is 5.20. The Balaban J connectivity index is 2.28. The molecule has 2 heterocycles. The number of methoxy groups -OCH3 is 1. The second kappa shape index (κ2) is 4.01. The van der Waals surface area contributed by atoms with Gasteiger partial charge in [0.25, 0.3) is 0 Å². The Morgan fingerprint density at radius 2 is 2.33 bits per heavy atom. The van der Waals surface area contributed by atoms with Gasteiger partial charge in [-0.2, -0.15) is 5.26 Å². The van der Waals surface area contributed by atoms with Crippen LogP contribution in [0.2, 0.25) is 0 Å². The van der Waals surface area contributed by atoms with Gasteiger partial charge in [0.1, 0.15) is 23.2 Å². The lowest BCUT2D eigenvalue weighted by molar-refractivity contribution is -0.0995.